The number of fused-ring (bicyclic) bond motifs is 2. The van der Waals surface area contributed by atoms with Gasteiger partial charge in [0.05, 0.1) is 10.9 Å². The van der Waals surface area contributed by atoms with Crippen LogP contribution in [0.4, 0.5) is 5.00 Å². The minimum absolute atomic E-state index is 0.109. The third kappa shape index (κ3) is 3.75. The van der Waals surface area contributed by atoms with Gasteiger partial charge in [0.25, 0.3) is 11.8 Å². The standard InChI is InChI=1S/C22H21ClN2O4S/c1-3-24-21(28)19-12-6-4-5-7-18(12)30-22(19)25-20(27)17-10-15(26)13-9-14(23)11(2)8-16(13)29-17/h8-10H,3-7H2,1-2H3,(H,24,28)(H,25,27). The molecule has 0 aliphatic heterocycles. The molecule has 0 spiro atoms. The van der Waals surface area contributed by atoms with Gasteiger partial charge in [-0.2, -0.15) is 0 Å². The summed E-state index contributed by atoms with van der Waals surface area (Å²) in [5, 5.41) is 6.90. The quantitative estimate of drug-likeness (QED) is 0.610. The van der Waals surface area contributed by atoms with Crippen molar-refractivity contribution in [1.29, 1.82) is 0 Å². The molecule has 2 N–H and O–H groups in total. The fourth-order valence-electron chi connectivity index (χ4n) is 3.70. The number of carbonyl (C=O) groups excluding carboxylic acids is 2. The molecule has 0 fully saturated rings. The van der Waals surface area contributed by atoms with Crippen LogP contribution in [-0.4, -0.2) is 18.4 Å². The molecule has 0 saturated heterocycles. The molecule has 2 aromatic heterocycles. The highest BCUT2D eigenvalue weighted by Crippen LogP contribution is 2.38. The van der Waals surface area contributed by atoms with E-state index < -0.39 is 5.91 Å². The number of hydrogen-bond acceptors (Lipinski definition) is 5. The Hall–Kier alpha value is -2.64. The number of halogens is 1. The van der Waals surface area contributed by atoms with Gasteiger partial charge < -0.3 is 15.1 Å². The fourth-order valence-corrected chi connectivity index (χ4v) is 5.14. The van der Waals surface area contributed by atoms with Crippen LogP contribution in [-0.2, 0) is 12.8 Å². The van der Waals surface area contributed by atoms with Gasteiger partial charge in [-0.1, -0.05) is 11.6 Å². The maximum absolute atomic E-state index is 12.9. The molecular formula is C22H21ClN2O4S. The summed E-state index contributed by atoms with van der Waals surface area (Å²) in [4.78, 5) is 39.2. The van der Waals surface area contributed by atoms with Crippen molar-refractivity contribution >= 4 is 50.7 Å². The molecule has 2 amide bonds. The second-order valence-corrected chi connectivity index (χ2v) is 8.81. The summed E-state index contributed by atoms with van der Waals surface area (Å²) in [6.45, 7) is 4.15. The third-order valence-corrected chi connectivity index (χ3v) is 6.81. The summed E-state index contributed by atoms with van der Waals surface area (Å²) < 4.78 is 5.70. The Morgan fingerprint density at radius 2 is 1.93 bits per heavy atom. The zero-order valence-electron chi connectivity index (χ0n) is 16.7. The maximum atomic E-state index is 12.9. The van der Waals surface area contributed by atoms with Crippen molar-refractivity contribution in [2.24, 2.45) is 0 Å². The highest BCUT2D eigenvalue weighted by Gasteiger charge is 2.27. The molecule has 3 aromatic rings. The Kier molecular flexibility index (Phi) is 5.66. The van der Waals surface area contributed by atoms with Crippen molar-refractivity contribution in [3.8, 4) is 0 Å². The summed E-state index contributed by atoms with van der Waals surface area (Å²) >= 11 is 7.52. The Morgan fingerprint density at radius 3 is 2.70 bits per heavy atom. The van der Waals surface area contributed by atoms with Crippen LogP contribution >= 0.6 is 22.9 Å². The Morgan fingerprint density at radius 1 is 1.17 bits per heavy atom. The van der Waals surface area contributed by atoms with Crippen LogP contribution in [0.25, 0.3) is 11.0 Å². The van der Waals surface area contributed by atoms with Crippen LogP contribution in [0.15, 0.2) is 27.4 Å². The van der Waals surface area contributed by atoms with Crippen molar-refractivity contribution < 1.29 is 14.0 Å². The lowest BCUT2D eigenvalue weighted by molar-refractivity contribution is 0.0956. The number of hydrogen-bond donors (Lipinski definition) is 2. The SMILES string of the molecule is CCNC(=O)c1c(NC(=O)c2cc(=O)c3cc(Cl)c(C)cc3o2)sc2c1CCCC2. The monoisotopic (exact) mass is 444 g/mol. The summed E-state index contributed by atoms with van der Waals surface area (Å²) in [5.41, 5.74) is 2.23. The normalized spacial score (nSPS) is 13.2. The highest BCUT2D eigenvalue weighted by molar-refractivity contribution is 7.17. The van der Waals surface area contributed by atoms with E-state index in [2.05, 4.69) is 10.6 Å². The third-order valence-electron chi connectivity index (χ3n) is 5.19. The summed E-state index contributed by atoms with van der Waals surface area (Å²) in [6.07, 6.45) is 3.80. The predicted molar refractivity (Wildman–Crippen MR) is 119 cm³/mol. The van der Waals surface area contributed by atoms with E-state index in [0.29, 0.717) is 33.1 Å². The van der Waals surface area contributed by atoms with Gasteiger partial charge in [-0.3, -0.25) is 14.4 Å². The van der Waals surface area contributed by atoms with E-state index in [9.17, 15) is 14.4 Å². The van der Waals surface area contributed by atoms with E-state index in [-0.39, 0.29) is 17.1 Å². The predicted octanol–water partition coefficient (Wildman–Crippen LogP) is 4.70. The smallest absolute Gasteiger partial charge is 0.292 e. The van der Waals surface area contributed by atoms with Crippen LogP contribution in [0.2, 0.25) is 5.02 Å². The van der Waals surface area contributed by atoms with Gasteiger partial charge in [-0.25, -0.2) is 0 Å². The molecule has 156 valence electrons. The van der Waals surface area contributed by atoms with E-state index in [0.717, 1.165) is 47.8 Å². The zero-order valence-corrected chi connectivity index (χ0v) is 18.3. The van der Waals surface area contributed by atoms with Gasteiger partial charge in [0.1, 0.15) is 10.6 Å². The van der Waals surface area contributed by atoms with Crippen LogP contribution < -0.4 is 16.1 Å². The zero-order chi connectivity index (χ0) is 21.4. The number of anilines is 1. The van der Waals surface area contributed by atoms with Gasteiger partial charge in [0, 0.05) is 22.5 Å². The minimum atomic E-state index is -0.564. The Balaban J connectivity index is 1.72. The molecule has 30 heavy (non-hydrogen) atoms. The molecule has 1 aliphatic carbocycles. The molecule has 1 aliphatic rings. The van der Waals surface area contributed by atoms with Gasteiger partial charge >= 0.3 is 0 Å². The van der Waals surface area contributed by atoms with Crippen molar-refractivity contribution in [3.05, 3.63) is 60.8 Å². The lowest BCUT2D eigenvalue weighted by Gasteiger charge is -2.12. The van der Waals surface area contributed by atoms with Crippen molar-refractivity contribution in [2.75, 3.05) is 11.9 Å². The molecule has 6 nitrogen and oxygen atoms in total. The van der Waals surface area contributed by atoms with Gasteiger partial charge in [0.2, 0.25) is 0 Å². The van der Waals surface area contributed by atoms with Crippen LogP contribution in [0.5, 0.6) is 0 Å². The summed E-state index contributed by atoms with van der Waals surface area (Å²) in [7, 11) is 0. The van der Waals surface area contributed by atoms with Crippen LogP contribution in [0.1, 0.15) is 56.7 Å². The van der Waals surface area contributed by atoms with E-state index in [4.69, 9.17) is 16.0 Å². The van der Waals surface area contributed by atoms with E-state index >= 15 is 0 Å². The van der Waals surface area contributed by atoms with Crippen molar-refractivity contribution in [2.45, 2.75) is 39.5 Å². The number of amides is 2. The molecule has 0 atom stereocenters. The second-order valence-electron chi connectivity index (χ2n) is 7.30. The lowest BCUT2D eigenvalue weighted by atomic mass is 9.95. The number of nitrogens with one attached hydrogen (secondary N) is 2. The van der Waals surface area contributed by atoms with Crippen LogP contribution in [0.3, 0.4) is 0 Å². The first-order valence-electron chi connectivity index (χ1n) is 9.87. The molecule has 4 rings (SSSR count). The molecule has 0 unspecified atom stereocenters. The molecule has 2 heterocycles. The molecular weight excluding hydrogens is 424 g/mol. The van der Waals surface area contributed by atoms with E-state index in [1.807, 2.05) is 6.92 Å². The number of carbonyl (C=O) groups is 2. The maximum Gasteiger partial charge on any atom is 0.292 e. The lowest BCUT2D eigenvalue weighted by Crippen LogP contribution is -2.25. The van der Waals surface area contributed by atoms with Gasteiger partial charge in [-0.05, 0) is 62.8 Å². The molecule has 1 aromatic carbocycles. The summed E-state index contributed by atoms with van der Waals surface area (Å²) in [6, 6.07) is 4.34. The van der Waals surface area contributed by atoms with Crippen LogP contribution in [0, 0.1) is 6.92 Å². The van der Waals surface area contributed by atoms with Gasteiger partial charge in [0.15, 0.2) is 11.2 Å². The molecule has 0 bridgehead atoms. The van der Waals surface area contributed by atoms with E-state index in [1.54, 1.807) is 19.1 Å². The van der Waals surface area contributed by atoms with Gasteiger partial charge in [-0.15, -0.1) is 11.3 Å². The largest absolute Gasteiger partial charge is 0.451 e. The summed E-state index contributed by atoms with van der Waals surface area (Å²) in [5.74, 6) is -0.870. The first-order valence-corrected chi connectivity index (χ1v) is 11.1. The topological polar surface area (TPSA) is 88.4 Å². The Labute approximate surface area is 182 Å². The highest BCUT2D eigenvalue weighted by atomic mass is 35.5. The average molecular weight is 445 g/mol. The molecule has 0 saturated carbocycles. The van der Waals surface area contributed by atoms with Crippen molar-refractivity contribution in [1.82, 2.24) is 5.32 Å². The fraction of sp³-hybridized carbons (Fsp3) is 0.318. The number of benzene rings is 1. The molecule has 0 radical (unpaired) electrons. The Bertz CT molecular complexity index is 1230. The number of thiophene rings is 1. The first kappa shape index (κ1) is 20.6. The van der Waals surface area contributed by atoms with E-state index in [1.165, 1.54) is 11.3 Å². The average Bonchev–Trinajstić information content (AvgIpc) is 3.07. The number of aryl methyl sites for hydroxylation is 2. The second kappa shape index (κ2) is 8.24. The first-order chi connectivity index (χ1) is 14.4. The number of rotatable bonds is 4. The minimum Gasteiger partial charge on any atom is -0.451 e. The molecule has 8 heteroatoms. The van der Waals surface area contributed by atoms with Crippen molar-refractivity contribution in [3.63, 3.8) is 0 Å².